The molecular formula is C20H25ClN2O3S. The fourth-order valence-corrected chi connectivity index (χ4v) is 4.96. The van der Waals surface area contributed by atoms with E-state index in [2.05, 4.69) is 0 Å². The Bertz CT molecular complexity index is 938. The summed E-state index contributed by atoms with van der Waals surface area (Å²) in [6.07, 6.45) is 2.40. The van der Waals surface area contributed by atoms with E-state index in [-0.39, 0.29) is 4.90 Å². The quantitative estimate of drug-likeness (QED) is 0.782. The Morgan fingerprint density at radius 2 is 1.78 bits per heavy atom. The second kappa shape index (κ2) is 8.19. The van der Waals surface area contributed by atoms with Gasteiger partial charge >= 0.3 is 0 Å². The van der Waals surface area contributed by atoms with Crippen LogP contribution in [0.2, 0.25) is 5.02 Å². The van der Waals surface area contributed by atoms with Gasteiger partial charge in [-0.25, -0.2) is 8.42 Å². The van der Waals surface area contributed by atoms with Gasteiger partial charge in [0.15, 0.2) is 0 Å². The molecule has 27 heavy (non-hydrogen) atoms. The molecule has 1 heterocycles. The van der Waals surface area contributed by atoms with E-state index >= 15 is 0 Å². The minimum Gasteiger partial charge on any atom is -0.457 e. The van der Waals surface area contributed by atoms with Gasteiger partial charge in [0.05, 0.1) is 4.90 Å². The van der Waals surface area contributed by atoms with E-state index in [4.69, 9.17) is 22.1 Å². The van der Waals surface area contributed by atoms with Crippen molar-refractivity contribution in [3.8, 4) is 11.5 Å². The first-order chi connectivity index (χ1) is 12.8. The van der Waals surface area contributed by atoms with Crippen molar-refractivity contribution < 1.29 is 13.2 Å². The third kappa shape index (κ3) is 4.14. The average Bonchev–Trinajstić information content (AvgIpc) is 3.19. The Kier molecular flexibility index (Phi) is 6.11. The zero-order chi connectivity index (χ0) is 19.6. The van der Waals surface area contributed by atoms with Gasteiger partial charge in [-0.05, 0) is 74.5 Å². The molecule has 0 spiro atoms. The van der Waals surface area contributed by atoms with Crippen molar-refractivity contribution in [2.75, 3.05) is 19.6 Å². The number of nitrogens with zero attached hydrogens (tertiary/aromatic N) is 1. The average molecular weight is 409 g/mol. The molecule has 0 bridgehead atoms. The molecule has 7 heteroatoms. The number of nitrogens with two attached hydrogens (primary N) is 1. The molecule has 2 aromatic carbocycles. The molecule has 2 aromatic rings. The fraction of sp³-hybridized carbons (Fsp3) is 0.400. The number of sulfonamides is 1. The Hall–Kier alpha value is -1.60. The van der Waals surface area contributed by atoms with Crippen molar-refractivity contribution >= 4 is 21.6 Å². The summed E-state index contributed by atoms with van der Waals surface area (Å²) in [5.41, 5.74) is 8.47. The molecule has 0 aliphatic carbocycles. The summed E-state index contributed by atoms with van der Waals surface area (Å²) >= 11 is 6.17. The fourth-order valence-electron chi connectivity index (χ4n) is 3.22. The van der Waals surface area contributed by atoms with E-state index in [1.54, 1.807) is 30.3 Å². The van der Waals surface area contributed by atoms with Gasteiger partial charge in [-0.2, -0.15) is 4.31 Å². The van der Waals surface area contributed by atoms with Crippen LogP contribution in [0.1, 0.15) is 29.5 Å². The van der Waals surface area contributed by atoms with E-state index < -0.39 is 10.0 Å². The lowest BCUT2D eigenvalue weighted by atomic mass is 10.1. The molecule has 0 radical (unpaired) electrons. The number of ether oxygens (including phenoxy) is 1. The van der Waals surface area contributed by atoms with Gasteiger partial charge in [0.2, 0.25) is 10.0 Å². The van der Waals surface area contributed by atoms with Gasteiger partial charge in [0.25, 0.3) is 0 Å². The summed E-state index contributed by atoms with van der Waals surface area (Å²) in [6, 6.07) is 8.64. The molecule has 1 saturated heterocycles. The van der Waals surface area contributed by atoms with Crippen molar-refractivity contribution in [1.82, 2.24) is 4.31 Å². The summed E-state index contributed by atoms with van der Waals surface area (Å²) in [4.78, 5) is 0.253. The van der Waals surface area contributed by atoms with E-state index in [0.717, 1.165) is 29.5 Å². The van der Waals surface area contributed by atoms with Crippen LogP contribution < -0.4 is 10.5 Å². The SMILES string of the molecule is Cc1c(Cl)ccc(Oc2cc(S(=O)(=O)N3CCCC3)ccc2CCN)c1C. The molecule has 5 nitrogen and oxygen atoms in total. The van der Waals surface area contributed by atoms with Gasteiger partial charge in [0.1, 0.15) is 11.5 Å². The van der Waals surface area contributed by atoms with Crippen LogP contribution in [0.3, 0.4) is 0 Å². The van der Waals surface area contributed by atoms with Crippen LogP contribution >= 0.6 is 11.6 Å². The maximum Gasteiger partial charge on any atom is 0.243 e. The highest BCUT2D eigenvalue weighted by molar-refractivity contribution is 7.89. The number of rotatable bonds is 6. The lowest BCUT2D eigenvalue weighted by molar-refractivity contribution is 0.464. The third-order valence-electron chi connectivity index (χ3n) is 5.05. The van der Waals surface area contributed by atoms with Crippen molar-refractivity contribution in [3.05, 3.63) is 52.0 Å². The van der Waals surface area contributed by atoms with Crippen LogP contribution in [-0.4, -0.2) is 32.4 Å². The second-order valence-corrected chi connectivity index (χ2v) is 9.16. The topological polar surface area (TPSA) is 72.6 Å². The summed E-state index contributed by atoms with van der Waals surface area (Å²) in [7, 11) is -3.51. The molecule has 3 rings (SSSR count). The summed E-state index contributed by atoms with van der Waals surface area (Å²) in [5.74, 6) is 1.18. The molecule has 2 N–H and O–H groups in total. The van der Waals surface area contributed by atoms with E-state index in [0.29, 0.717) is 42.6 Å². The van der Waals surface area contributed by atoms with Gasteiger partial charge in [-0.1, -0.05) is 17.7 Å². The first-order valence-corrected chi connectivity index (χ1v) is 10.9. The Balaban J connectivity index is 2.01. The van der Waals surface area contributed by atoms with Crippen LogP contribution in [0, 0.1) is 13.8 Å². The Morgan fingerprint density at radius 1 is 1.07 bits per heavy atom. The first kappa shape index (κ1) is 20.1. The van der Waals surface area contributed by atoms with Crippen LogP contribution in [0.15, 0.2) is 35.2 Å². The lowest BCUT2D eigenvalue weighted by Gasteiger charge is -2.18. The van der Waals surface area contributed by atoms with Crippen LogP contribution in [0.5, 0.6) is 11.5 Å². The zero-order valence-corrected chi connectivity index (χ0v) is 17.2. The largest absolute Gasteiger partial charge is 0.457 e. The predicted octanol–water partition coefficient (Wildman–Crippen LogP) is 4.03. The highest BCUT2D eigenvalue weighted by atomic mass is 35.5. The van der Waals surface area contributed by atoms with E-state index in [9.17, 15) is 8.42 Å². The Labute approximate surface area is 166 Å². The standard InChI is InChI=1S/C20H25ClN2O3S/c1-14-15(2)19(8-7-18(14)21)26-20-13-17(6-5-16(20)9-10-22)27(24,25)23-11-3-4-12-23/h5-8,13H,3-4,9-12,22H2,1-2H3. The van der Waals surface area contributed by atoms with Crippen LogP contribution in [0.25, 0.3) is 0 Å². The lowest BCUT2D eigenvalue weighted by Crippen LogP contribution is -2.27. The summed E-state index contributed by atoms with van der Waals surface area (Å²) in [6.45, 7) is 5.45. The zero-order valence-electron chi connectivity index (χ0n) is 15.7. The van der Waals surface area contributed by atoms with Crippen LogP contribution in [0.4, 0.5) is 0 Å². The summed E-state index contributed by atoms with van der Waals surface area (Å²) in [5, 5.41) is 0.674. The number of halogens is 1. The van der Waals surface area contributed by atoms with Crippen molar-refractivity contribution in [3.63, 3.8) is 0 Å². The maximum atomic E-state index is 12.9. The third-order valence-corrected chi connectivity index (χ3v) is 7.35. The minimum absolute atomic E-state index is 0.253. The van der Waals surface area contributed by atoms with Gasteiger partial charge < -0.3 is 10.5 Å². The van der Waals surface area contributed by atoms with Crippen molar-refractivity contribution in [2.24, 2.45) is 5.73 Å². The van der Waals surface area contributed by atoms with Crippen molar-refractivity contribution in [2.45, 2.75) is 38.0 Å². The van der Waals surface area contributed by atoms with Gasteiger partial charge in [0, 0.05) is 24.2 Å². The minimum atomic E-state index is -3.51. The number of hydrogen-bond acceptors (Lipinski definition) is 4. The molecular weight excluding hydrogens is 384 g/mol. The van der Waals surface area contributed by atoms with E-state index in [1.807, 2.05) is 13.8 Å². The highest BCUT2D eigenvalue weighted by Gasteiger charge is 2.28. The molecule has 1 fully saturated rings. The number of benzene rings is 2. The van der Waals surface area contributed by atoms with E-state index in [1.165, 1.54) is 4.31 Å². The van der Waals surface area contributed by atoms with Gasteiger partial charge in [-0.15, -0.1) is 0 Å². The molecule has 0 amide bonds. The molecule has 1 aliphatic heterocycles. The molecule has 0 saturated carbocycles. The maximum absolute atomic E-state index is 12.9. The second-order valence-electron chi connectivity index (χ2n) is 6.82. The molecule has 0 atom stereocenters. The molecule has 1 aliphatic rings. The first-order valence-electron chi connectivity index (χ1n) is 9.11. The van der Waals surface area contributed by atoms with Crippen molar-refractivity contribution in [1.29, 1.82) is 0 Å². The normalized spacial score (nSPS) is 15.3. The molecule has 0 unspecified atom stereocenters. The van der Waals surface area contributed by atoms with Gasteiger partial charge in [-0.3, -0.25) is 0 Å². The highest BCUT2D eigenvalue weighted by Crippen LogP contribution is 2.34. The molecule has 146 valence electrons. The molecule has 0 aromatic heterocycles. The number of hydrogen-bond donors (Lipinski definition) is 1. The van der Waals surface area contributed by atoms with Crippen LogP contribution in [-0.2, 0) is 16.4 Å². The summed E-state index contributed by atoms with van der Waals surface area (Å²) < 4.78 is 33.5. The monoisotopic (exact) mass is 408 g/mol. The Morgan fingerprint density at radius 3 is 2.44 bits per heavy atom. The smallest absolute Gasteiger partial charge is 0.243 e. The predicted molar refractivity (Wildman–Crippen MR) is 108 cm³/mol.